The molecule has 1 N–H and O–H groups in total. The summed E-state index contributed by atoms with van der Waals surface area (Å²) in [6.45, 7) is 4.43. The average molecular weight is 371 g/mol. The first-order valence-electron chi connectivity index (χ1n) is 6.02. The minimum Gasteiger partial charge on any atom is -0.454 e. The fraction of sp³-hybridized carbons (Fsp3) is 0.286. The van der Waals surface area contributed by atoms with Gasteiger partial charge < -0.3 is 19.2 Å². The van der Waals surface area contributed by atoms with E-state index in [-0.39, 0.29) is 0 Å². The van der Waals surface area contributed by atoms with Crippen molar-refractivity contribution in [3.63, 3.8) is 0 Å². The van der Waals surface area contributed by atoms with E-state index >= 15 is 0 Å². The Labute approximate surface area is 125 Å². The third-order valence-corrected chi connectivity index (χ3v) is 3.33. The van der Waals surface area contributed by atoms with Crippen LogP contribution in [-0.4, -0.2) is 5.79 Å². The topological polar surface area (TPSA) is 43.6 Å². The van der Waals surface area contributed by atoms with Gasteiger partial charge in [-0.2, -0.15) is 0 Å². The van der Waals surface area contributed by atoms with Crippen molar-refractivity contribution in [3.8, 4) is 11.5 Å². The number of hydrogen-bond acceptors (Lipinski definition) is 4. The molecule has 0 aliphatic carbocycles. The molecule has 1 aromatic carbocycles. The highest BCUT2D eigenvalue weighted by atomic mass is 127. The van der Waals surface area contributed by atoms with Gasteiger partial charge in [-0.05, 0) is 46.9 Å². The molecular formula is C14H14INO3. The quantitative estimate of drug-likeness (QED) is 0.829. The summed E-state index contributed by atoms with van der Waals surface area (Å²) in [5, 5.41) is 3.30. The summed E-state index contributed by atoms with van der Waals surface area (Å²) in [4.78, 5) is 0. The fourth-order valence-electron chi connectivity index (χ4n) is 1.97. The molecular weight excluding hydrogens is 357 g/mol. The average Bonchev–Trinajstić information content (AvgIpc) is 2.87. The van der Waals surface area contributed by atoms with Gasteiger partial charge >= 0.3 is 0 Å². The summed E-state index contributed by atoms with van der Waals surface area (Å²) in [5.74, 6) is 1.87. The normalized spacial score (nSPS) is 15.5. The van der Waals surface area contributed by atoms with Crippen molar-refractivity contribution in [2.45, 2.75) is 26.2 Å². The lowest BCUT2D eigenvalue weighted by molar-refractivity contribution is -0.0431. The van der Waals surface area contributed by atoms with E-state index in [1.807, 2.05) is 44.2 Å². The molecule has 0 unspecified atom stereocenters. The lowest BCUT2D eigenvalue weighted by atomic mass is 10.2. The van der Waals surface area contributed by atoms with E-state index in [1.165, 1.54) is 0 Å². The van der Waals surface area contributed by atoms with Crippen LogP contribution in [0, 0.1) is 3.77 Å². The highest BCUT2D eigenvalue weighted by Crippen LogP contribution is 2.40. The van der Waals surface area contributed by atoms with E-state index < -0.39 is 5.79 Å². The van der Waals surface area contributed by atoms with Crippen LogP contribution in [0.3, 0.4) is 0 Å². The van der Waals surface area contributed by atoms with Crippen LogP contribution < -0.4 is 14.8 Å². The molecule has 0 radical (unpaired) electrons. The second-order valence-electron chi connectivity index (χ2n) is 4.82. The van der Waals surface area contributed by atoms with Gasteiger partial charge in [0, 0.05) is 25.6 Å². The van der Waals surface area contributed by atoms with Gasteiger partial charge in [0.2, 0.25) is 5.79 Å². The third kappa shape index (κ3) is 2.80. The minimum absolute atomic E-state index is 0.585. The Morgan fingerprint density at radius 3 is 2.63 bits per heavy atom. The van der Waals surface area contributed by atoms with Crippen LogP contribution in [0.2, 0.25) is 0 Å². The molecule has 4 nitrogen and oxygen atoms in total. The predicted octanol–water partition coefficient (Wildman–Crippen LogP) is 4.00. The Morgan fingerprint density at radius 1 is 1.11 bits per heavy atom. The maximum Gasteiger partial charge on any atom is 0.246 e. The van der Waals surface area contributed by atoms with E-state index in [0.717, 1.165) is 26.7 Å². The molecule has 2 aromatic rings. The number of hydrogen-bond donors (Lipinski definition) is 1. The molecule has 100 valence electrons. The van der Waals surface area contributed by atoms with E-state index in [2.05, 4.69) is 27.9 Å². The minimum atomic E-state index is -0.585. The van der Waals surface area contributed by atoms with Gasteiger partial charge in [0.1, 0.15) is 5.76 Å². The Morgan fingerprint density at radius 2 is 1.89 bits per heavy atom. The lowest BCUT2D eigenvalue weighted by Gasteiger charge is -2.16. The second-order valence-corrected chi connectivity index (χ2v) is 5.89. The summed E-state index contributed by atoms with van der Waals surface area (Å²) in [6.07, 6.45) is 0. The largest absolute Gasteiger partial charge is 0.454 e. The molecule has 5 heteroatoms. The zero-order valence-corrected chi connectivity index (χ0v) is 12.9. The fourth-order valence-corrected chi connectivity index (χ4v) is 2.43. The number of anilines is 1. The van der Waals surface area contributed by atoms with Gasteiger partial charge in [0.25, 0.3) is 0 Å². The number of halogens is 1. The summed E-state index contributed by atoms with van der Waals surface area (Å²) in [7, 11) is 0. The van der Waals surface area contributed by atoms with Crippen LogP contribution in [0.1, 0.15) is 19.6 Å². The number of furan rings is 1. The molecule has 0 spiro atoms. The molecule has 0 saturated carbocycles. The van der Waals surface area contributed by atoms with Gasteiger partial charge in [-0.15, -0.1) is 0 Å². The number of nitrogens with one attached hydrogen (secondary N) is 1. The Balaban J connectivity index is 1.70. The number of rotatable bonds is 3. The van der Waals surface area contributed by atoms with Crippen molar-refractivity contribution in [1.82, 2.24) is 0 Å². The highest BCUT2D eigenvalue weighted by molar-refractivity contribution is 14.1. The maximum absolute atomic E-state index is 5.70. The first-order valence-corrected chi connectivity index (χ1v) is 7.10. The van der Waals surface area contributed by atoms with Crippen molar-refractivity contribution in [2.75, 3.05) is 5.32 Å². The Kier molecular flexibility index (Phi) is 3.08. The van der Waals surface area contributed by atoms with Crippen molar-refractivity contribution >= 4 is 28.3 Å². The monoisotopic (exact) mass is 371 g/mol. The molecule has 3 rings (SSSR count). The number of benzene rings is 1. The second kappa shape index (κ2) is 4.63. The first kappa shape index (κ1) is 12.7. The first-order chi connectivity index (χ1) is 9.02. The van der Waals surface area contributed by atoms with Crippen molar-refractivity contribution in [3.05, 3.63) is 39.9 Å². The van der Waals surface area contributed by atoms with E-state index in [1.54, 1.807) is 0 Å². The maximum atomic E-state index is 5.70. The van der Waals surface area contributed by atoms with E-state index in [4.69, 9.17) is 13.9 Å². The van der Waals surface area contributed by atoms with Crippen molar-refractivity contribution in [2.24, 2.45) is 0 Å². The van der Waals surface area contributed by atoms with Crippen LogP contribution in [0.5, 0.6) is 11.5 Å². The zero-order valence-electron chi connectivity index (χ0n) is 10.7. The summed E-state index contributed by atoms with van der Waals surface area (Å²) < 4.78 is 17.7. The van der Waals surface area contributed by atoms with Crippen LogP contribution >= 0.6 is 22.6 Å². The molecule has 1 aliphatic heterocycles. The van der Waals surface area contributed by atoms with Crippen molar-refractivity contribution in [1.29, 1.82) is 0 Å². The third-order valence-electron chi connectivity index (χ3n) is 2.75. The zero-order chi connectivity index (χ0) is 13.5. The predicted molar refractivity (Wildman–Crippen MR) is 80.5 cm³/mol. The summed E-state index contributed by atoms with van der Waals surface area (Å²) in [5.41, 5.74) is 0.978. The molecule has 0 saturated heterocycles. The van der Waals surface area contributed by atoms with Crippen LogP contribution in [-0.2, 0) is 6.54 Å². The van der Waals surface area contributed by atoms with Gasteiger partial charge in [-0.25, -0.2) is 0 Å². The SMILES string of the molecule is CC1(C)Oc2ccc(NCc3ccc(I)o3)cc2O1. The molecule has 2 heterocycles. The summed E-state index contributed by atoms with van der Waals surface area (Å²) >= 11 is 2.15. The van der Waals surface area contributed by atoms with Crippen molar-refractivity contribution < 1.29 is 13.9 Å². The standard InChI is InChI=1S/C14H14INO3/c1-14(2)18-11-5-3-9(7-12(11)19-14)16-8-10-4-6-13(15)17-10/h3-7,16H,8H2,1-2H3. The molecule has 0 atom stereocenters. The van der Waals surface area contributed by atoms with E-state index in [9.17, 15) is 0 Å². The lowest BCUT2D eigenvalue weighted by Crippen LogP contribution is -2.29. The number of ether oxygens (including phenoxy) is 2. The summed E-state index contributed by atoms with van der Waals surface area (Å²) in [6, 6.07) is 9.73. The number of fused-ring (bicyclic) bond motifs is 1. The molecule has 0 amide bonds. The van der Waals surface area contributed by atoms with Gasteiger partial charge in [-0.1, -0.05) is 0 Å². The van der Waals surface area contributed by atoms with Gasteiger partial charge in [-0.3, -0.25) is 0 Å². The molecule has 19 heavy (non-hydrogen) atoms. The van der Waals surface area contributed by atoms with Crippen LogP contribution in [0.25, 0.3) is 0 Å². The Hall–Kier alpha value is -1.37. The Bertz CT molecular complexity index is 606. The van der Waals surface area contributed by atoms with Gasteiger partial charge in [0.15, 0.2) is 15.3 Å². The molecule has 0 bridgehead atoms. The van der Waals surface area contributed by atoms with E-state index in [0.29, 0.717) is 6.54 Å². The van der Waals surface area contributed by atoms with Crippen LogP contribution in [0.15, 0.2) is 34.7 Å². The highest BCUT2D eigenvalue weighted by Gasteiger charge is 2.31. The molecule has 1 aromatic heterocycles. The smallest absolute Gasteiger partial charge is 0.246 e. The van der Waals surface area contributed by atoms with Crippen LogP contribution in [0.4, 0.5) is 5.69 Å². The molecule has 0 fully saturated rings. The van der Waals surface area contributed by atoms with Gasteiger partial charge in [0.05, 0.1) is 6.54 Å². The molecule has 1 aliphatic rings.